The van der Waals surface area contributed by atoms with Gasteiger partial charge in [0.05, 0.1) is 0 Å². The Hall–Kier alpha value is -1.35. The van der Waals surface area contributed by atoms with E-state index in [0.717, 1.165) is 57.8 Å². The van der Waals surface area contributed by atoms with Crippen molar-refractivity contribution in [3.63, 3.8) is 0 Å². The number of fused-ring (bicyclic) bond motifs is 1. The monoisotopic (exact) mass is 286 g/mol. The average molecular weight is 286 g/mol. The molecule has 1 N–H and O–H groups in total. The highest BCUT2D eigenvalue weighted by Crippen LogP contribution is 2.29. The van der Waals surface area contributed by atoms with E-state index in [1.165, 1.54) is 11.1 Å². The highest BCUT2D eigenvalue weighted by molar-refractivity contribution is 5.80. The van der Waals surface area contributed by atoms with Crippen molar-refractivity contribution in [2.75, 3.05) is 26.2 Å². The van der Waals surface area contributed by atoms with Gasteiger partial charge in [0.1, 0.15) is 0 Å². The molecule has 1 aliphatic heterocycles. The third-order valence-corrected chi connectivity index (χ3v) is 5.01. The molecule has 0 bridgehead atoms. The van der Waals surface area contributed by atoms with Gasteiger partial charge in [-0.25, -0.2) is 0 Å². The number of benzene rings is 1. The average Bonchev–Trinajstić information content (AvgIpc) is 2.96. The van der Waals surface area contributed by atoms with Gasteiger partial charge >= 0.3 is 0 Å². The fourth-order valence-electron chi connectivity index (χ4n) is 3.70. The molecule has 1 fully saturated rings. The summed E-state index contributed by atoms with van der Waals surface area (Å²) in [7, 11) is 0. The van der Waals surface area contributed by atoms with E-state index in [1.807, 2.05) is 0 Å². The summed E-state index contributed by atoms with van der Waals surface area (Å²) in [5, 5.41) is 3.43. The number of nitrogens with one attached hydrogen (secondary N) is 1. The Bertz CT molecular complexity index is 467. The van der Waals surface area contributed by atoms with Crippen molar-refractivity contribution >= 4 is 5.91 Å². The van der Waals surface area contributed by atoms with Gasteiger partial charge in [0.15, 0.2) is 0 Å². The third-order valence-electron chi connectivity index (χ3n) is 5.01. The van der Waals surface area contributed by atoms with Crippen LogP contribution in [0.2, 0.25) is 0 Å². The number of hydrogen-bond acceptors (Lipinski definition) is 2. The SMILES string of the molecule is CCNCC1CCN(C(=O)C2Cc3ccccc3C2)CC1. The summed E-state index contributed by atoms with van der Waals surface area (Å²) in [6, 6.07) is 8.51. The van der Waals surface area contributed by atoms with Crippen LogP contribution >= 0.6 is 0 Å². The highest BCUT2D eigenvalue weighted by atomic mass is 16.2. The Labute approximate surface area is 127 Å². The van der Waals surface area contributed by atoms with Crippen LogP contribution < -0.4 is 5.32 Å². The summed E-state index contributed by atoms with van der Waals surface area (Å²) in [4.78, 5) is 14.8. The molecule has 0 atom stereocenters. The van der Waals surface area contributed by atoms with E-state index in [1.54, 1.807) is 0 Å². The van der Waals surface area contributed by atoms with Gasteiger partial charge in [-0.05, 0) is 55.8 Å². The number of likely N-dealkylation sites (tertiary alicyclic amines) is 1. The smallest absolute Gasteiger partial charge is 0.226 e. The van der Waals surface area contributed by atoms with Crippen molar-refractivity contribution in [2.45, 2.75) is 32.6 Å². The molecule has 0 aromatic heterocycles. The van der Waals surface area contributed by atoms with Crippen LogP contribution in [0.4, 0.5) is 0 Å². The molecule has 0 radical (unpaired) electrons. The van der Waals surface area contributed by atoms with Crippen molar-refractivity contribution in [3.05, 3.63) is 35.4 Å². The molecule has 0 spiro atoms. The number of amides is 1. The molecule has 3 nitrogen and oxygen atoms in total. The second-order valence-electron chi connectivity index (χ2n) is 6.45. The molecule has 1 aromatic rings. The van der Waals surface area contributed by atoms with Crippen LogP contribution in [0.15, 0.2) is 24.3 Å². The van der Waals surface area contributed by atoms with Crippen LogP contribution in [0.5, 0.6) is 0 Å². The quantitative estimate of drug-likeness (QED) is 0.921. The lowest BCUT2D eigenvalue weighted by Gasteiger charge is -2.33. The zero-order valence-corrected chi connectivity index (χ0v) is 13.0. The Morgan fingerprint density at radius 2 is 1.81 bits per heavy atom. The zero-order chi connectivity index (χ0) is 14.7. The predicted molar refractivity (Wildman–Crippen MR) is 85.2 cm³/mol. The maximum absolute atomic E-state index is 12.7. The molecule has 1 heterocycles. The van der Waals surface area contributed by atoms with E-state index < -0.39 is 0 Å². The topological polar surface area (TPSA) is 32.3 Å². The van der Waals surface area contributed by atoms with E-state index >= 15 is 0 Å². The van der Waals surface area contributed by atoms with Crippen LogP contribution in [0, 0.1) is 11.8 Å². The van der Waals surface area contributed by atoms with Crippen LogP contribution in [-0.2, 0) is 17.6 Å². The molecule has 3 heteroatoms. The van der Waals surface area contributed by atoms with E-state index in [2.05, 4.69) is 41.4 Å². The molecule has 2 aliphatic rings. The van der Waals surface area contributed by atoms with Gasteiger partial charge in [-0.1, -0.05) is 31.2 Å². The largest absolute Gasteiger partial charge is 0.342 e. The lowest BCUT2D eigenvalue weighted by atomic mass is 9.95. The minimum atomic E-state index is 0.188. The molecule has 3 rings (SSSR count). The Morgan fingerprint density at radius 1 is 1.19 bits per heavy atom. The van der Waals surface area contributed by atoms with E-state index in [0.29, 0.717) is 5.91 Å². The molecule has 114 valence electrons. The number of rotatable bonds is 4. The Balaban J connectivity index is 1.52. The van der Waals surface area contributed by atoms with Crippen molar-refractivity contribution in [1.29, 1.82) is 0 Å². The lowest BCUT2D eigenvalue weighted by Crippen LogP contribution is -2.43. The minimum Gasteiger partial charge on any atom is -0.342 e. The first-order valence-corrected chi connectivity index (χ1v) is 8.34. The number of carbonyl (C=O) groups is 1. The lowest BCUT2D eigenvalue weighted by molar-refractivity contribution is -0.136. The fraction of sp³-hybridized carbons (Fsp3) is 0.611. The maximum atomic E-state index is 12.7. The van der Waals surface area contributed by atoms with Gasteiger partial charge in [-0.2, -0.15) is 0 Å². The van der Waals surface area contributed by atoms with Crippen LogP contribution in [0.1, 0.15) is 30.9 Å². The van der Waals surface area contributed by atoms with Gasteiger partial charge in [-0.3, -0.25) is 4.79 Å². The van der Waals surface area contributed by atoms with E-state index in [-0.39, 0.29) is 5.92 Å². The normalized spacial score (nSPS) is 19.8. The van der Waals surface area contributed by atoms with Crippen molar-refractivity contribution in [1.82, 2.24) is 10.2 Å². The second-order valence-corrected chi connectivity index (χ2v) is 6.45. The van der Waals surface area contributed by atoms with Crippen LogP contribution in [0.3, 0.4) is 0 Å². The molecule has 1 aliphatic carbocycles. The number of carbonyl (C=O) groups excluding carboxylic acids is 1. The van der Waals surface area contributed by atoms with Crippen LogP contribution in [0.25, 0.3) is 0 Å². The molecular weight excluding hydrogens is 260 g/mol. The van der Waals surface area contributed by atoms with Gasteiger partial charge in [-0.15, -0.1) is 0 Å². The van der Waals surface area contributed by atoms with Gasteiger partial charge in [0, 0.05) is 19.0 Å². The summed E-state index contributed by atoms with van der Waals surface area (Å²) in [6.45, 7) is 6.19. The molecular formula is C18H26N2O. The first-order chi connectivity index (χ1) is 10.3. The van der Waals surface area contributed by atoms with Crippen molar-refractivity contribution in [3.8, 4) is 0 Å². The minimum absolute atomic E-state index is 0.188. The summed E-state index contributed by atoms with van der Waals surface area (Å²) in [5.41, 5.74) is 2.75. The summed E-state index contributed by atoms with van der Waals surface area (Å²) >= 11 is 0. The van der Waals surface area contributed by atoms with Gasteiger partial charge < -0.3 is 10.2 Å². The summed E-state index contributed by atoms with van der Waals surface area (Å²) in [5.74, 6) is 1.32. The highest BCUT2D eigenvalue weighted by Gasteiger charge is 2.32. The van der Waals surface area contributed by atoms with Gasteiger partial charge in [0.25, 0.3) is 0 Å². The summed E-state index contributed by atoms with van der Waals surface area (Å²) in [6.07, 6.45) is 4.18. The maximum Gasteiger partial charge on any atom is 0.226 e. The molecule has 0 unspecified atom stereocenters. The van der Waals surface area contributed by atoms with Crippen LogP contribution in [-0.4, -0.2) is 37.0 Å². The molecule has 1 amide bonds. The van der Waals surface area contributed by atoms with E-state index in [4.69, 9.17) is 0 Å². The standard InChI is InChI=1S/C18H26N2O/c1-2-19-13-14-7-9-20(10-8-14)18(21)17-11-15-5-3-4-6-16(15)12-17/h3-6,14,17,19H,2,7-13H2,1H3. The third kappa shape index (κ3) is 3.29. The molecule has 21 heavy (non-hydrogen) atoms. The van der Waals surface area contributed by atoms with Gasteiger partial charge in [0.2, 0.25) is 5.91 Å². The zero-order valence-electron chi connectivity index (χ0n) is 13.0. The first kappa shape index (κ1) is 14.6. The molecule has 1 aromatic carbocycles. The molecule has 1 saturated heterocycles. The number of nitrogens with zero attached hydrogens (tertiary/aromatic N) is 1. The number of hydrogen-bond donors (Lipinski definition) is 1. The first-order valence-electron chi connectivity index (χ1n) is 8.34. The molecule has 0 saturated carbocycles. The predicted octanol–water partition coefficient (Wildman–Crippen LogP) is 2.25. The van der Waals surface area contributed by atoms with Crippen molar-refractivity contribution < 1.29 is 4.79 Å². The Kier molecular flexibility index (Phi) is 4.59. The second kappa shape index (κ2) is 6.61. The fourth-order valence-corrected chi connectivity index (χ4v) is 3.70. The van der Waals surface area contributed by atoms with Crippen molar-refractivity contribution in [2.24, 2.45) is 11.8 Å². The Morgan fingerprint density at radius 3 is 2.38 bits per heavy atom. The van der Waals surface area contributed by atoms with E-state index in [9.17, 15) is 4.79 Å². The number of piperidine rings is 1. The summed E-state index contributed by atoms with van der Waals surface area (Å²) < 4.78 is 0.